The monoisotopic (exact) mass is 353 g/mol. The Hall–Kier alpha value is 0.0400. The number of rotatable bonds is 2. The van der Waals surface area contributed by atoms with Gasteiger partial charge in [-0.2, -0.15) is 0 Å². The maximum atomic E-state index is 11.5. The molecule has 0 heterocycles. The highest BCUT2D eigenvalue weighted by molar-refractivity contribution is 14.1. The number of hydrogen-bond donors (Lipinski definition) is 0. The number of hydrogen-bond acceptors (Lipinski definition) is 3. The maximum absolute atomic E-state index is 11.5. The quantitative estimate of drug-likeness (QED) is 0.465. The zero-order valence-corrected chi connectivity index (χ0v) is 13.5. The number of anilines is 1. The van der Waals surface area contributed by atoms with Crippen molar-refractivity contribution in [1.82, 2.24) is 0 Å². The Morgan fingerprint density at radius 2 is 1.50 bits per heavy atom. The Bertz CT molecular complexity index is 481. The highest BCUT2D eigenvalue weighted by Crippen LogP contribution is 2.40. The fraction of sp³-hybridized carbons (Fsp3) is 0.636. The van der Waals surface area contributed by atoms with Crippen molar-refractivity contribution in [3.63, 3.8) is 0 Å². The van der Waals surface area contributed by atoms with E-state index in [9.17, 15) is 9.59 Å². The Morgan fingerprint density at radius 3 is 1.81 bits per heavy atom. The van der Waals surface area contributed by atoms with Gasteiger partial charge in [-0.05, 0) is 51.2 Å². The zero-order valence-electron chi connectivity index (χ0n) is 10.2. The van der Waals surface area contributed by atoms with Crippen molar-refractivity contribution in [1.29, 1.82) is 0 Å². The van der Waals surface area contributed by atoms with Gasteiger partial charge in [-0.15, -0.1) is 0 Å². The molecule has 0 aliphatic carbocycles. The van der Waals surface area contributed by atoms with Crippen molar-refractivity contribution >= 4 is 37.7 Å². The molecule has 0 saturated heterocycles. The van der Waals surface area contributed by atoms with Crippen molar-refractivity contribution in [3.8, 4) is 0 Å². The lowest BCUT2D eigenvalue weighted by molar-refractivity contribution is 0.237. The summed E-state index contributed by atoms with van der Waals surface area (Å²) in [6, 6.07) is 0. The SMILES string of the molecule is CC(C)(C)C(C)(C)N(P)c1c(I)c(=O)c1=O. The minimum absolute atomic E-state index is 0.00239. The van der Waals surface area contributed by atoms with Gasteiger partial charge in [0, 0.05) is 5.54 Å². The van der Waals surface area contributed by atoms with Crippen molar-refractivity contribution in [3.05, 3.63) is 24.0 Å². The van der Waals surface area contributed by atoms with Gasteiger partial charge >= 0.3 is 0 Å². The molecule has 0 bridgehead atoms. The number of halogens is 1. The summed E-state index contributed by atoms with van der Waals surface area (Å²) in [4.78, 5) is 22.7. The van der Waals surface area contributed by atoms with Crippen LogP contribution in [0.15, 0.2) is 9.59 Å². The van der Waals surface area contributed by atoms with Crippen LogP contribution in [0.3, 0.4) is 0 Å². The van der Waals surface area contributed by atoms with Crippen molar-refractivity contribution < 1.29 is 0 Å². The molecule has 0 fully saturated rings. The van der Waals surface area contributed by atoms with Crippen molar-refractivity contribution in [2.24, 2.45) is 5.41 Å². The predicted molar refractivity (Wildman–Crippen MR) is 79.8 cm³/mol. The topological polar surface area (TPSA) is 37.4 Å². The van der Waals surface area contributed by atoms with Gasteiger partial charge in [0.1, 0.15) is 5.69 Å². The van der Waals surface area contributed by atoms with Crippen LogP contribution in [0.25, 0.3) is 0 Å². The van der Waals surface area contributed by atoms with Crippen LogP contribution in [-0.2, 0) is 0 Å². The van der Waals surface area contributed by atoms with Gasteiger partial charge in [-0.3, -0.25) is 9.59 Å². The smallest absolute Gasteiger partial charge is 0.251 e. The molecule has 0 saturated carbocycles. The van der Waals surface area contributed by atoms with Gasteiger partial charge in [0.2, 0.25) is 5.43 Å². The van der Waals surface area contributed by atoms with Gasteiger partial charge in [-0.25, -0.2) is 0 Å². The summed E-state index contributed by atoms with van der Waals surface area (Å²) in [5.41, 5.74) is -0.447. The highest BCUT2D eigenvalue weighted by Gasteiger charge is 2.40. The molecule has 16 heavy (non-hydrogen) atoms. The Labute approximate surface area is 112 Å². The predicted octanol–water partition coefficient (Wildman–Crippen LogP) is 2.31. The molecule has 0 radical (unpaired) electrons. The van der Waals surface area contributed by atoms with E-state index in [1.807, 2.05) is 27.3 Å². The fourth-order valence-corrected chi connectivity index (χ4v) is 2.85. The van der Waals surface area contributed by atoms with Crippen LogP contribution in [0, 0.1) is 8.99 Å². The molecule has 1 aromatic rings. The minimum Gasteiger partial charge on any atom is -0.346 e. The Morgan fingerprint density at radius 1 is 1.06 bits per heavy atom. The van der Waals surface area contributed by atoms with Crippen LogP contribution in [0.1, 0.15) is 34.6 Å². The largest absolute Gasteiger partial charge is 0.346 e. The normalized spacial score (nSPS) is 13.2. The first-order valence-electron chi connectivity index (χ1n) is 5.05. The summed E-state index contributed by atoms with van der Waals surface area (Å²) in [5.74, 6) is 0. The second-order valence-corrected chi connectivity index (χ2v) is 7.10. The lowest BCUT2D eigenvalue weighted by atomic mass is 9.76. The molecule has 0 aliphatic rings. The minimum atomic E-state index is -0.378. The Balaban J connectivity index is 3.20. The molecule has 90 valence electrons. The summed E-state index contributed by atoms with van der Waals surface area (Å²) < 4.78 is 2.38. The van der Waals surface area contributed by atoms with E-state index in [-0.39, 0.29) is 21.8 Å². The first kappa shape index (κ1) is 14.1. The summed E-state index contributed by atoms with van der Waals surface area (Å²) in [5, 5.41) is 0. The van der Waals surface area contributed by atoms with Gasteiger partial charge in [0.15, 0.2) is 0 Å². The van der Waals surface area contributed by atoms with Crippen LogP contribution in [-0.4, -0.2) is 5.54 Å². The molecule has 3 nitrogen and oxygen atoms in total. The summed E-state index contributed by atoms with van der Waals surface area (Å²) in [6.07, 6.45) is 0. The molecule has 0 N–H and O–H groups in total. The van der Waals surface area contributed by atoms with Crippen LogP contribution in [0.4, 0.5) is 5.69 Å². The first-order valence-corrected chi connectivity index (χ1v) is 6.65. The number of nitrogens with zero attached hydrogens (tertiary/aromatic N) is 1. The van der Waals surface area contributed by atoms with Crippen molar-refractivity contribution in [2.75, 3.05) is 4.67 Å². The van der Waals surface area contributed by atoms with E-state index < -0.39 is 0 Å². The summed E-state index contributed by atoms with van der Waals surface area (Å²) >= 11 is 1.93. The Kier molecular flexibility index (Phi) is 3.57. The molecule has 5 heteroatoms. The van der Waals surface area contributed by atoms with E-state index in [4.69, 9.17) is 0 Å². The van der Waals surface area contributed by atoms with Crippen LogP contribution < -0.4 is 15.5 Å². The fourth-order valence-electron chi connectivity index (χ4n) is 1.21. The zero-order chi connectivity index (χ0) is 12.9. The average Bonchev–Trinajstić information content (AvgIpc) is 2.15. The van der Waals surface area contributed by atoms with E-state index in [2.05, 4.69) is 44.0 Å². The molecule has 0 amide bonds. The maximum Gasteiger partial charge on any atom is 0.251 e. The average molecular weight is 353 g/mol. The van der Waals surface area contributed by atoms with E-state index >= 15 is 0 Å². The highest BCUT2D eigenvalue weighted by atomic mass is 127. The van der Waals surface area contributed by atoms with Gasteiger partial charge in [0.25, 0.3) is 5.43 Å². The van der Waals surface area contributed by atoms with E-state index in [0.29, 0.717) is 9.26 Å². The third-order valence-corrected chi connectivity index (χ3v) is 5.41. The molecule has 1 rings (SSSR count). The second kappa shape index (κ2) is 4.05. The molecule has 1 aromatic carbocycles. The third kappa shape index (κ3) is 1.94. The first-order chi connectivity index (χ1) is 7.01. The van der Waals surface area contributed by atoms with E-state index in [1.165, 1.54) is 0 Å². The molecule has 0 aliphatic heterocycles. The van der Waals surface area contributed by atoms with Gasteiger partial charge in [0.05, 0.1) is 3.57 Å². The summed E-state index contributed by atoms with van der Waals surface area (Å²) in [6.45, 7) is 10.5. The van der Waals surface area contributed by atoms with Gasteiger partial charge < -0.3 is 4.67 Å². The molecule has 0 spiro atoms. The van der Waals surface area contributed by atoms with Crippen LogP contribution in [0.5, 0.6) is 0 Å². The lowest BCUT2D eigenvalue weighted by Gasteiger charge is -2.47. The van der Waals surface area contributed by atoms with E-state index in [1.54, 1.807) is 0 Å². The second-order valence-electron chi connectivity index (χ2n) is 5.50. The van der Waals surface area contributed by atoms with Crippen LogP contribution in [0.2, 0.25) is 0 Å². The van der Waals surface area contributed by atoms with Gasteiger partial charge in [-0.1, -0.05) is 20.8 Å². The standard InChI is InChI=1S/C11H17INO2P/c1-10(2,3)11(4,5)13(16)7-6(12)8(14)9(7)15/h16H2,1-5H3. The molecule has 0 aromatic heterocycles. The molecular formula is C11H17INO2P. The van der Waals surface area contributed by atoms with E-state index in [0.717, 1.165) is 0 Å². The third-order valence-electron chi connectivity index (χ3n) is 3.51. The van der Waals surface area contributed by atoms with Crippen molar-refractivity contribution in [2.45, 2.75) is 40.2 Å². The molecule has 1 atom stereocenters. The molecule has 1 unspecified atom stereocenters. The summed E-state index contributed by atoms with van der Waals surface area (Å²) in [7, 11) is 2.56. The molecular weight excluding hydrogens is 336 g/mol. The van der Waals surface area contributed by atoms with Crippen LogP contribution >= 0.6 is 32.0 Å². The lowest BCUT2D eigenvalue weighted by Crippen LogP contribution is -2.53.